The second-order valence-corrected chi connectivity index (χ2v) is 7.33. The number of carbonyl (C=O) groups excluding carboxylic acids is 1. The molecule has 1 N–H and O–H groups in total. The lowest BCUT2D eigenvalue weighted by atomic mass is 9.96. The molecule has 10 heteroatoms. The van der Waals surface area contributed by atoms with Crippen LogP contribution >= 0.6 is 0 Å². The molecule has 2 aromatic heterocycles. The number of benzene rings is 1. The minimum Gasteiger partial charge on any atom is -0.495 e. The number of hydrogen-bond donors (Lipinski definition) is 1. The predicted molar refractivity (Wildman–Crippen MR) is 110 cm³/mol. The van der Waals surface area contributed by atoms with Crippen LogP contribution in [0.3, 0.4) is 0 Å². The summed E-state index contributed by atoms with van der Waals surface area (Å²) in [5.74, 6) is -4.87. The van der Waals surface area contributed by atoms with Crippen molar-refractivity contribution in [3.05, 3.63) is 78.0 Å². The zero-order valence-corrected chi connectivity index (χ0v) is 17.0. The van der Waals surface area contributed by atoms with Gasteiger partial charge in [0.25, 0.3) is 0 Å². The predicted octanol–water partition coefficient (Wildman–Crippen LogP) is 6.25. The third-order valence-corrected chi connectivity index (χ3v) is 5.21. The van der Waals surface area contributed by atoms with Gasteiger partial charge in [0.15, 0.2) is 11.7 Å². The molecule has 2 atom stereocenters. The summed E-state index contributed by atoms with van der Waals surface area (Å²) in [7, 11) is 1.39. The van der Waals surface area contributed by atoms with Crippen molar-refractivity contribution in [2.24, 2.45) is 5.92 Å². The molecule has 0 bridgehead atoms. The number of ether oxygens (including phenoxy) is 1. The number of methoxy groups -OCH3 is 1. The number of pyridine rings is 1. The molecule has 0 saturated carbocycles. The minimum atomic E-state index is -4.63. The maximum atomic E-state index is 13.9. The fraction of sp³-hybridized carbons (Fsp3) is 0.174. The molecule has 4 nitrogen and oxygen atoms in total. The first-order valence-electron chi connectivity index (χ1n) is 9.65. The Morgan fingerprint density at radius 1 is 1.03 bits per heavy atom. The number of hydrogen-bond acceptors (Lipinski definition) is 2. The molecule has 1 aromatic carbocycles. The van der Waals surface area contributed by atoms with Crippen molar-refractivity contribution in [1.82, 2.24) is 4.40 Å². The zero-order chi connectivity index (χ0) is 23.9. The molecular weight excluding hydrogens is 450 g/mol. The van der Waals surface area contributed by atoms with Gasteiger partial charge in [0.1, 0.15) is 11.9 Å². The van der Waals surface area contributed by atoms with Gasteiger partial charge in [0.2, 0.25) is 5.91 Å². The highest BCUT2D eigenvalue weighted by Gasteiger charge is 2.36. The first kappa shape index (κ1) is 22.5. The molecule has 0 spiro atoms. The van der Waals surface area contributed by atoms with Crippen molar-refractivity contribution in [2.75, 3.05) is 12.4 Å². The van der Waals surface area contributed by atoms with E-state index >= 15 is 0 Å². The Morgan fingerprint density at radius 2 is 1.70 bits per heavy atom. The lowest BCUT2D eigenvalue weighted by Crippen LogP contribution is -2.30. The SMILES string of the molecule is COc1ccc2cc(C(F)(F)F)c(-c3ccc(NC(=O)C4C=C(F)C(F)=CC4F)cc3)n2c1. The smallest absolute Gasteiger partial charge is 0.418 e. The average molecular weight is 466 g/mol. The van der Waals surface area contributed by atoms with Crippen LogP contribution in [-0.2, 0) is 11.0 Å². The number of carbonyl (C=O) groups is 1. The van der Waals surface area contributed by atoms with Crippen LogP contribution in [0.5, 0.6) is 5.75 Å². The molecule has 2 heterocycles. The van der Waals surface area contributed by atoms with Crippen molar-refractivity contribution in [1.29, 1.82) is 0 Å². The Balaban J connectivity index is 1.66. The van der Waals surface area contributed by atoms with Gasteiger partial charge in [-0.05, 0) is 48.0 Å². The van der Waals surface area contributed by atoms with Crippen LogP contribution in [0.15, 0.2) is 72.5 Å². The summed E-state index contributed by atoms with van der Waals surface area (Å²) in [6.07, 6.45) is -4.35. The maximum Gasteiger partial charge on any atom is 0.418 e. The Labute approximate surface area is 183 Å². The van der Waals surface area contributed by atoms with Crippen molar-refractivity contribution in [3.8, 4) is 17.0 Å². The summed E-state index contributed by atoms with van der Waals surface area (Å²) in [6, 6.07) is 9.43. The molecule has 0 aliphatic heterocycles. The van der Waals surface area contributed by atoms with Gasteiger partial charge < -0.3 is 14.5 Å². The summed E-state index contributed by atoms with van der Waals surface area (Å²) in [5, 5.41) is 2.36. The summed E-state index contributed by atoms with van der Waals surface area (Å²) in [6.45, 7) is 0. The minimum absolute atomic E-state index is 0.129. The van der Waals surface area contributed by atoms with E-state index in [1.807, 2.05) is 0 Å². The van der Waals surface area contributed by atoms with Crippen LogP contribution in [0.4, 0.5) is 32.0 Å². The quantitative estimate of drug-likeness (QED) is 0.462. The Bertz CT molecular complexity index is 1270. The normalized spacial score (nSPS) is 18.6. The second-order valence-electron chi connectivity index (χ2n) is 7.33. The molecule has 0 fully saturated rings. The van der Waals surface area contributed by atoms with Crippen molar-refractivity contribution in [2.45, 2.75) is 12.3 Å². The highest BCUT2D eigenvalue weighted by Crippen LogP contribution is 2.40. The largest absolute Gasteiger partial charge is 0.495 e. The van der Waals surface area contributed by atoms with Crippen molar-refractivity contribution in [3.63, 3.8) is 0 Å². The van der Waals surface area contributed by atoms with Crippen molar-refractivity contribution >= 4 is 17.1 Å². The summed E-state index contributed by atoms with van der Waals surface area (Å²) in [5.41, 5.74) is -0.339. The molecular formula is C23H16F6N2O2. The van der Waals surface area contributed by atoms with Crippen LogP contribution < -0.4 is 10.1 Å². The maximum absolute atomic E-state index is 13.9. The van der Waals surface area contributed by atoms with Gasteiger partial charge in [-0.1, -0.05) is 12.1 Å². The molecule has 0 saturated heterocycles. The number of nitrogens with zero attached hydrogens (tertiary/aromatic N) is 1. The van der Waals surface area contributed by atoms with E-state index in [1.165, 1.54) is 48.0 Å². The van der Waals surface area contributed by atoms with Crippen LogP contribution in [0, 0.1) is 5.92 Å². The van der Waals surface area contributed by atoms with Crippen LogP contribution in [0.25, 0.3) is 16.8 Å². The van der Waals surface area contributed by atoms with E-state index in [2.05, 4.69) is 5.32 Å². The average Bonchev–Trinajstić information content (AvgIpc) is 3.16. The third-order valence-electron chi connectivity index (χ3n) is 5.21. The van der Waals surface area contributed by atoms with E-state index in [9.17, 15) is 31.1 Å². The van der Waals surface area contributed by atoms with Gasteiger partial charge >= 0.3 is 6.18 Å². The van der Waals surface area contributed by atoms with E-state index in [1.54, 1.807) is 6.07 Å². The van der Waals surface area contributed by atoms with Gasteiger partial charge in [-0.15, -0.1) is 0 Å². The number of rotatable bonds is 4. The number of fused-ring (bicyclic) bond motifs is 1. The molecule has 1 aliphatic rings. The Hall–Kier alpha value is -3.69. The van der Waals surface area contributed by atoms with Crippen LogP contribution in [0.2, 0.25) is 0 Å². The standard InChI is InChI=1S/C23H16F6N2O2/c1-33-15-7-6-14-8-17(23(27,28)29)21(31(14)11-15)12-2-4-13(5-3-12)30-22(32)16-9-19(25)20(26)10-18(16)24/h2-11,16,18H,1H3,(H,30,32). The molecule has 4 rings (SSSR count). The van der Waals surface area contributed by atoms with E-state index in [0.717, 1.165) is 6.07 Å². The summed E-state index contributed by atoms with van der Waals surface area (Å²) >= 11 is 0. The second kappa shape index (κ2) is 8.34. The Morgan fingerprint density at radius 3 is 2.33 bits per heavy atom. The molecule has 2 unspecified atom stereocenters. The first-order chi connectivity index (χ1) is 15.6. The monoisotopic (exact) mass is 466 g/mol. The van der Waals surface area contributed by atoms with E-state index in [4.69, 9.17) is 4.74 Å². The van der Waals surface area contributed by atoms with Crippen molar-refractivity contribution < 1.29 is 35.9 Å². The number of allylic oxidation sites excluding steroid dienone is 3. The third kappa shape index (κ3) is 4.33. The van der Waals surface area contributed by atoms with Gasteiger partial charge in [-0.25, -0.2) is 13.2 Å². The number of nitrogens with one attached hydrogen (secondary N) is 1. The van der Waals surface area contributed by atoms with E-state index in [0.29, 0.717) is 23.4 Å². The lowest BCUT2D eigenvalue weighted by molar-refractivity contribution is -0.137. The fourth-order valence-corrected chi connectivity index (χ4v) is 3.59. The van der Waals surface area contributed by atoms with Gasteiger partial charge in [0.05, 0.1) is 30.5 Å². The summed E-state index contributed by atoms with van der Waals surface area (Å²) in [4.78, 5) is 12.3. The zero-order valence-electron chi connectivity index (χ0n) is 17.0. The molecule has 0 radical (unpaired) electrons. The Kier molecular flexibility index (Phi) is 5.69. The van der Waals surface area contributed by atoms with Crippen LogP contribution in [0.1, 0.15) is 5.56 Å². The molecule has 1 amide bonds. The molecule has 1 aliphatic carbocycles. The van der Waals surface area contributed by atoms with Gasteiger partial charge in [0, 0.05) is 11.2 Å². The topological polar surface area (TPSA) is 42.7 Å². The number of anilines is 1. The highest BCUT2D eigenvalue weighted by molar-refractivity contribution is 5.95. The summed E-state index contributed by atoms with van der Waals surface area (Å²) < 4.78 is 88.0. The lowest BCUT2D eigenvalue weighted by Gasteiger charge is -2.18. The highest BCUT2D eigenvalue weighted by atomic mass is 19.4. The number of amides is 1. The first-order valence-corrected chi connectivity index (χ1v) is 9.65. The van der Waals surface area contributed by atoms with Crippen LogP contribution in [-0.4, -0.2) is 23.6 Å². The number of alkyl halides is 4. The van der Waals surface area contributed by atoms with E-state index < -0.39 is 41.4 Å². The molecule has 33 heavy (non-hydrogen) atoms. The van der Waals surface area contributed by atoms with E-state index in [-0.39, 0.29) is 16.9 Å². The molecule has 3 aromatic rings. The van der Waals surface area contributed by atoms with Gasteiger partial charge in [-0.3, -0.25) is 4.79 Å². The fourth-order valence-electron chi connectivity index (χ4n) is 3.59. The number of halogens is 6. The number of aromatic nitrogens is 1. The molecule has 172 valence electrons. The van der Waals surface area contributed by atoms with Gasteiger partial charge in [-0.2, -0.15) is 13.2 Å².